The van der Waals surface area contributed by atoms with E-state index in [0.29, 0.717) is 24.7 Å². The zero-order valence-electron chi connectivity index (χ0n) is 15.0. The van der Waals surface area contributed by atoms with Crippen LogP contribution in [-0.4, -0.2) is 54.8 Å². The monoisotopic (exact) mass is 358 g/mol. The molecule has 26 heavy (non-hydrogen) atoms. The molecule has 2 aromatic heterocycles. The van der Waals surface area contributed by atoms with Crippen LogP contribution in [0.3, 0.4) is 0 Å². The number of aromatic nitrogens is 4. The van der Waals surface area contributed by atoms with Crippen LogP contribution in [0.25, 0.3) is 5.95 Å². The lowest BCUT2D eigenvalue weighted by Crippen LogP contribution is -2.47. The smallest absolute Gasteiger partial charge is 0.323 e. The number of nitrogens with zero attached hydrogens (tertiary/aromatic N) is 5. The van der Waals surface area contributed by atoms with Crippen molar-refractivity contribution in [2.75, 3.05) is 18.4 Å². The summed E-state index contributed by atoms with van der Waals surface area (Å²) in [5.41, 5.74) is 1.60. The largest absolute Gasteiger partial charge is 0.481 e. The van der Waals surface area contributed by atoms with Crippen LogP contribution in [0.4, 0.5) is 10.6 Å². The summed E-state index contributed by atoms with van der Waals surface area (Å²) in [6, 6.07) is 3.15. The van der Waals surface area contributed by atoms with E-state index in [1.165, 1.54) is 9.58 Å². The first-order valence-corrected chi connectivity index (χ1v) is 8.49. The number of anilines is 1. The standard InChI is InChI=1S/C17H22N6O3/c1-10-6-13(15(24)25)9-22(8-10)17(26)21-14-4-5-18-23(14)16-19-11(2)7-12(3)20-16/h4-5,7,10,13H,6,8-9H2,1-3H3,(H,21,26)(H,24,25). The molecule has 2 atom stereocenters. The number of piperidine rings is 1. The van der Waals surface area contributed by atoms with Crippen molar-refractivity contribution in [1.82, 2.24) is 24.6 Å². The molecule has 9 nitrogen and oxygen atoms in total. The molecule has 2 unspecified atom stereocenters. The summed E-state index contributed by atoms with van der Waals surface area (Å²) in [5.74, 6) is -0.480. The van der Waals surface area contributed by atoms with Crippen LogP contribution in [0.15, 0.2) is 18.3 Å². The number of nitrogens with one attached hydrogen (secondary N) is 1. The summed E-state index contributed by atoms with van der Waals surface area (Å²) in [6.07, 6.45) is 2.13. The van der Waals surface area contributed by atoms with Gasteiger partial charge in [-0.15, -0.1) is 0 Å². The first kappa shape index (κ1) is 17.8. The van der Waals surface area contributed by atoms with E-state index in [9.17, 15) is 14.7 Å². The van der Waals surface area contributed by atoms with Crippen LogP contribution in [0.2, 0.25) is 0 Å². The average molecular weight is 358 g/mol. The van der Waals surface area contributed by atoms with E-state index in [0.717, 1.165) is 11.4 Å². The lowest BCUT2D eigenvalue weighted by atomic mass is 9.91. The number of carboxylic acid groups (broad SMARTS) is 1. The van der Waals surface area contributed by atoms with Gasteiger partial charge in [0.05, 0.1) is 12.1 Å². The number of carbonyl (C=O) groups excluding carboxylic acids is 1. The van der Waals surface area contributed by atoms with Gasteiger partial charge in [-0.2, -0.15) is 9.78 Å². The third-order valence-electron chi connectivity index (χ3n) is 4.33. The van der Waals surface area contributed by atoms with Gasteiger partial charge >= 0.3 is 12.0 Å². The second kappa shape index (κ2) is 7.11. The Labute approximate surface area is 151 Å². The molecule has 0 saturated carbocycles. The highest BCUT2D eigenvalue weighted by atomic mass is 16.4. The van der Waals surface area contributed by atoms with Crippen molar-refractivity contribution >= 4 is 17.8 Å². The van der Waals surface area contributed by atoms with Gasteiger partial charge in [0.2, 0.25) is 0 Å². The molecule has 0 aromatic carbocycles. The van der Waals surface area contributed by atoms with Gasteiger partial charge in [0.25, 0.3) is 5.95 Å². The summed E-state index contributed by atoms with van der Waals surface area (Å²) in [6.45, 7) is 6.38. The van der Waals surface area contributed by atoms with Gasteiger partial charge in [-0.1, -0.05) is 6.92 Å². The number of aliphatic carboxylic acids is 1. The van der Waals surface area contributed by atoms with Crippen molar-refractivity contribution in [2.24, 2.45) is 11.8 Å². The quantitative estimate of drug-likeness (QED) is 0.866. The lowest BCUT2D eigenvalue weighted by molar-refractivity contribution is -0.143. The van der Waals surface area contributed by atoms with Gasteiger partial charge in [-0.25, -0.2) is 14.8 Å². The average Bonchev–Trinajstić information content (AvgIpc) is 3.01. The summed E-state index contributed by atoms with van der Waals surface area (Å²) in [5, 5.41) is 16.2. The second-order valence-electron chi connectivity index (χ2n) is 6.79. The van der Waals surface area contributed by atoms with Crippen molar-refractivity contribution < 1.29 is 14.7 Å². The second-order valence-corrected chi connectivity index (χ2v) is 6.79. The Morgan fingerprint density at radius 3 is 2.58 bits per heavy atom. The van der Waals surface area contributed by atoms with Crippen molar-refractivity contribution in [2.45, 2.75) is 27.2 Å². The fourth-order valence-electron chi connectivity index (χ4n) is 3.24. The third kappa shape index (κ3) is 3.81. The number of urea groups is 1. The highest BCUT2D eigenvalue weighted by Crippen LogP contribution is 2.23. The van der Waals surface area contributed by atoms with E-state index in [4.69, 9.17) is 0 Å². The van der Waals surface area contributed by atoms with Crippen molar-refractivity contribution in [1.29, 1.82) is 0 Å². The van der Waals surface area contributed by atoms with Gasteiger partial charge in [-0.05, 0) is 32.3 Å². The predicted octanol–water partition coefficient (Wildman–Crippen LogP) is 1.85. The first-order valence-electron chi connectivity index (χ1n) is 8.49. The zero-order valence-corrected chi connectivity index (χ0v) is 15.0. The van der Waals surface area contributed by atoms with Crippen LogP contribution < -0.4 is 5.32 Å². The number of hydrogen-bond acceptors (Lipinski definition) is 5. The van der Waals surface area contributed by atoms with Gasteiger partial charge in [-0.3, -0.25) is 10.1 Å². The molecule has 0 bridgehead atoms. The Morgan fingerprint density at radius 1 is 1.23 bits per heavy atom. The molecule has 0 aliphatic carbocycles. The normalized spacial score (nSPS) is 20.0. The molecule has 0 radical (unpaired) electrons. The van der Waals surface area contributed by atoms with Gasteiger partial charge in [0, 0.05) is 30.5 Å². The fraction of sp³-hybridized carbons (Fsp3) is 0.471. The fourth-order valence-corrected chi connectivity index (χ4v) is 3.24. The SMILES string of the molecule is Cc1cc(C)nc(-n2nccc2NC(=O)N2CC(C)CC(C(=O)O)C2)n1. The van der Waals surface area contributed by atoms with E-state index < -0.39 is 11.9 Å². The highest BCUT2D eigenvalue weighted by molar-refractivity contribution is 5.89. The Kier molecular flexibility index (Phi) is 4.88. The molecular formula is C17H22N6O3. The van der Waals surface area contributed by atoms with Gasteiger partial charge in [0.15, 0.2) is 0 Å². The molecule has 1 aliphatic heterocycles. The highest BCUT2D eigenvalue weighted by Gasteiger charge is 2.32. The number of likely N-dealkylation sites (tertiary alicyclic amines) is 1. The minimum absolute atomic E-state index is 0.128. The van der Waals surface area contributed by atoms with Crippen LogP contribution >= 0.6 is 0 Å². The van der Waals surface area contributed by atoms with E-state index >= 15 is 0 Å². The lowest BCUT2D eigenvalue weighted by Gasteiger charge is -2.34. The number of aryl methyl sites for hydroxylation is 2. The summed E-state index contributed by atoms with van der Waals surface area (Å²) < 4.78 is 1.46. The Hall–Kier alpha value is -2.97. The Balaban J connectivity index is 1.78. The molecule has 3 heterocycles. The van der Waals surface area contributed by atoms with Crippen LogP contribution in [-0.2, 0) is 4.79 Å². The molecule has 2 aromatic rings. The molecular weight excluding hydrogens is 336 g/mol. The van der Waals surface area contributed by atoms with Crippen molar-refractivity contribution in [3.8, 4) is 5.95 Å². The Bertz CT molecular complexity index is 813. The molecule has 1 fully saturated rings. The maximum Gasteiger partial charge on any atom is 0.323 e. The Morgan fingerprint density at radius 2 is 1.92 bits per heavy atom. The van der Waals surface area contributed by atoms with Gasteiger partial charge in [0.1, 0.15) is 5.82 Å². The van der Waals surface area contributed by atoms with Crippen molar-refractivity contribution in [3.05, 3.63) is 29.7 Å². The number of amides is 2. The summed E-state index contributed by atoms with van der Waals surface area (Å²) in [4.78, 5) is 34.2. The number of carboxylic acids is 1. The predicted molar refractivity (Wildman–Crippen MR) is 94.1 cm³/mol. The molecule has 3 rings (SSSR count). The van der Waals surface area contributed by atoms with E-state index in [1.807, 2.05) is 26.8 Å². The molecule has 9 heteroatoms. The van der Waals surface area contributed by atoms with E-state index in [2.05, 4.69) is 20.4 Å². The molecule has 1 saturated heterocycles. The van der Waals surface area contributed by atoms with Gasteiger partial charge < -0.3 is 10.0 Å². The van der Waals surface area contributed by atoms with Crippen molar-refractivity contribution in [3.63, 3.8) is 0 Å². The molecule has 0 spiro atoms. The molecule has 138 valence electrons. The van der Waals surface area contributed by atoms with E-state index in [1.54, 1.807) is 12.3 Å². The third-order valence-corrected chi connectivity index (χ3v) is 4.33. The minimum Gasteiger partial charge on any atom is -0.481 e. The maximum absolute atomic E-state index is 12.6. The number of hydrogen-bond donors (Lipinski definition) is 2. The number of rotatable bonds is 3. The van der Waals surface area contributed by atoms with Crippen LogP contribution in [0.1, 0.15) is 24.7 Å². The zero-order chi connectivity index (χ0) is 18.8. The van der Waals surface area contributed by atoms with E-state index in [-0.39, 0.29) is 18.5 Å². The molecule has 2 N–H and O–H groups in total. The minimum atomic E-state index is -0.872. The summed E-state index contributed by atoms with van der Waals surface area (Å²) in [7, 11) is 0. The molecule has 2 amide bonds. The topological polar surface area (TPSA) is 113 Å². The molecule has 1 aliphatic rings. The van der Waals surface area contributed by atoms with Crippen LogP contribution in [0, 0.1) is 25.7 Å². The maximum atomic E-state index is 12.6. The number of carbonyl (C=O) groups is 2. The summed E-state index contributed by atoms with van der Waals surface area (Å²) >= 11 is 0. The van der Waals surface area contributed by atoms with Crippen LogP contribution in [0.5, 0.6) is 0 Å². The first-order chi connectivity index (χ1) is 12.3.